The Morgan fingerprint density at radius 2 is 1.95 bits per heavy atom. The van der Waals surface area contributed by atoms with E-state index >= 15 is 0 Å². The molecule has 0 spiro atoms. The van der Waals surface area contributed by atoms with Crippen molar-refractivity contribution in [3.63, 3.8) is 0 Å². The molecule has 1 aromatic rings. The SMILES string of the molecule is COC(=O)CCCNS(=O)(=O)c1ccc(CBr)cc1. The lowest BCUT2D eigenvalue weighted by atomic mass is 10.2. The number of rotatable bonds is 7. The normalized spacial score (nSPS) is 11.3. The molecular formula is C12H16BrNO4S. The van der Waals surface area contributed by atoms with Crippen molar-refractivity contribution in [2.75, 3.05) is 13.7 Å². The van der Waals surface area contributed by atoms with Gasteiger partial charge < -0.3 is 4.74 Å². The third-order valence-corrected chi connectivity index (χ3v) is 4.59. The maximum absolute atomic E-state index is 11.9. The van der Waals surface area contributed by atoms with Crippen LogP contribution in [0, 0.1) is 0 Å². The third-order valence-electron chi connectivity index (χ3n) is 2.47. The fourth-order valence-corrected chi connectivity index (χ4v) is 2.83. The summed E-state index contributed by atoms with van der Waals surface area (Å²) in [6, 6.07) is 6.61. The maximum Gasteiger partial charge on any atom is 0.305 e. The monoisotopic (exact) mass is 349 g/mol. The lowest BCUT2D eigenvalue weighted by molar-refractivity contribution is -0.140. The second-order valence-electron chi connectivity index (χ2n) is 3.86. The molecule has 0 unspecified atom stereocenters. The summed E-state index contributed by atoms with van der Waals surface area (Å²) < 4.78 is 30.7. The summed E-state index contributed by atoms with van der Waals surface area (Å²) in [6.07, 6.45) is 0.604. The van der Waals surface area contributed by atoms with Crippen LogP contribution in [-0.2, 0) is 24.9 Å². The van der Waals surface area contributed by atoms with Crippen molar-refractivity contribution in [2.45, 2.75) is 23.1 Å². The molecule has 0 bridgehead atoms. The Bertz CT molecular complexity index is 513. The lowest BCUT2D eigenvalue weighted by Gasteiger charge is -2.06. The van der Waals surface area contributed by atoms with Crippen LogP contribution in [0.2, 0.25) is 0 Å². The molecule has 0 saturated heterocycles. The van der Waals surface area contributed by atoms with Gasteiger partial charge in [-0.15, -0.1) is 0 Å². The number of halogens is 1. The van der Waals surface area contributed by atoms with E-state index in [0.29, 0.717) is 11.8 Å². The van der Waals surface area contributed by atoms with Crippen LogP contribution in [0.5, 0.6) is 0 Å². The minimum absolute atomic E-state index is 0.196. The number of carbonyl (C=O) groups excluding carboxylic acids is 1. The summed E-state index contributed by atoms with van der Waals surface area (Å²) in [5.74, 6) is -0.346. The summed E-state index contributed by atoms with van der Waals surface area (Å²) in [5, 5.41) is 0.680. The second-order valence-corrected chi connectivity index (χ2v) is 6.18. The van der Waals surface area contributed by atoms with Crippen molar-refractivity contribution in [3.8, 4) is 0 Å². The first-order valence-corrected chi connectivity index (χ1v) is 8.31. The number of sulfonamides is 1. The molecule has 7 heteroatoms. The van der Waals surface area contributed by atoms with E-state index in [0.717, 1.165) is 5.56 Å². The number of carbonyl (C=O) groups is 1. The molecule has 1 aromatic carbocycles. The zero-order valence-electron chi connectivity index (χ0n) is 10.6. The van der Waals surface area contributed by atoms with Crippen molar-refractivity contribution >= 4 is 31.9 Å². The first-order chi connectivity index (χ1) is 8.99. The topological polar surface area (TPSA) is 72.5 Å². The van der Waals surface area contributed by atoms with Gasteiger partial charge >= 0.3 is 5.97 Å². The largest absolute Gasteiger partial charge is 0.469 e. The number of nitrogens with one attached hydrogen (secondary N) is 1. The average Bonchev–Trinajstić information content (AvgIpc) is 2.43. The van der Waals surface area contributed by atoms with Crippen LogP contribution in [0.1, 0.15) is 18.4 Å². The van der Waals surface area contributed by atoms with E-state index in [1.54, 1.807) is 24.3 Å². The molecule has 5 nitrogen and oxygen atoms in total. The van der Waals surface area contributed by atoms with Gasteiger partial charge in [0.25, 0.3) is 0 Å². The number of hydrogen-bond donors (Lipinski definition) is 1. The molecule has 1 N–H and O–H groups in total. The van der Waals surface area contributed by atoms with Crippen molar-refractivity contribution < 1.29 is 17.9 Å². The molecule has 0 aliphatic carbocycles. The number of benzene rings is 1. The zero-order chi connectivity index (χ0) is 14.3. The average molecular weight is 350 g/mol. The van der Waals surface area contributed by atoms with Crippen LogP contribution in [0.3, 0.4) is 0 Å². The number of hydrogen-bond acceptors (Lipinski definition) is 4. The minimum Gasteiger partial charge on any atom is -0.469 e. The summed E-state index contributed by atoms with van der Waals surface area (Å²) in [4.78, 5) is 11.1. The fourth-order valence-electron chi connectivity index (χ4n) is 1.38. The Morgan fingerprint density at radius 1 is 1.32 bits per heavy atom. The molecule has 0 aliphatic rings. The van der Waals surface area contributed by atoms with Gasteiger partial charge in [0, 0.05) is 18.3 Å². The molecule has 0 saturated carbocycles. The van der Waals surface area contributed by atoms with Crippen molar-refractivity contribution in [1.82, 2.24) is 4.72 Å². The van der Waals surface area contributed by atoms with E-state index < -0.39 is 10.0 Å². The van der Waals surface area contributed by atoms with E-state index in [1.807, 2.05) is 0 Å². The van der Waals surface area contributed by atoms with Gasteiger partial charge in [0.15, 0.2) is 0 Å². The predicted octanol–water partition coefficient (Wildman–Crippen LogP) is 1.81. The Balaban J connectivity index is 2.53. The molecule has 0 amide bonds. The summed E-state index contributed by atoms with van der Waals surface area (Å²) >= 11 is 3.30. The van der Waals surface area contributed by atoms with Crippen molar-refractivity contribution in [2.24, 2.45) is 0 Å². The number of alkyl halides is 1. The maximum atomic E-state index is 11.9. The highest BCUT2D eigenvalue weighted by Crippen LogP contribution is 2.12. The molecule has 0 radical (unpaired) electrons. The number of ether oxygens (including phenoxy) is 1. The van der Waals surface area contributed by atoms with E-state index in [2.05, 4.69) is 25.4 Å². The minimum atomic E-state index is -3.51. The Morgan fingerprint density at radius 3 is 2.47 bits per heavy atom. The second kappa shape index (κ2) is 7.62. The number of methoxy groups -OCH3 is 1. The van der Waals surface area contributed by atoms with Gasteiger partial charge in [0.1, 0.15) is 0 Å². The van der Waals surface area contributed by atoms with Gasteiger partial charge in [-0.25, -0.2) is 13.1 Å². The van der Waals surface area contributed by atoms with E-state index in [9.17, 15) is 13.2 Å². The highest BCUT2D eigenvalue weighted by molar-refractivity contribution is 9.08. The van der Waals surface area contributed by atoms with E-state index in [-0.39, 0.29) is 23.8 Å². The van der Waals surface area contributed by atoms with Gasteiger partial charge in [-0.2, -0.15) is 0 Å². The smallest absolute Gasteiger partial charge is 0.305 e. The molecule has 1 rings (SSSR count). The van der Waals surface area contributed by atoms with Gasteiger partial charge in [0.05, 0.1) is 12.0 Å². The zero-order valence-corrected chi connectivity index (χ0v) is 13.0. The lowest BCUT2D eigenvalue weighted by Crippen LogP contribution is -2.25. The summed E-state index contributed by atoms with van der Waals surface area (Å²) in [5.41, 5.74) is 1.00. The highest BCUT2D eigenvalue weighted by atomic mass is 79.9. The summed E-state index contributed by atoms with van der Waals surface area (Å²) in [7, 11) is -2.20. The Hall–Kier alpha value is -0.920. The van der Waals surface area contributed by atoms with Crippen LogP contribution in [0.25, 0.3) is 0 Å². The number of esters is 1. The van der Waals surface area contributed by atoms with Crippen LogP contribution in [-0.4, -0.2) is 28.0 Å². The Labute approximate surface area is 121 Å². The van der Waals surface area contributed by atoms with Crippen LogP contribution in [0.4, 0.5) is 0 Å². The quantitative estimate of drug-likeness (QED) is 0.463. The van der Waals surface area contributed by atoms with Crippen molar-refractivity contribution in [3.05, 3.63) is 29.8 Å². The van der Waals surface area contributed by atoms with Gasteiger partial charge in [0.2, 0.25) is 10.0 Å². The van der Waals surface area contributed by atoms with E-state index in [4.69, 9.17) is 0 Å². The standard InChI is InChI=1S/C12H16BrNO4S/c1-18-12(15)3-2-8-14-19(16,17)11-6-4-10(9-13)5-7-11/h4-7,14H,2-3,8-9H2,1H3. The first-order valence-electron chi connectivity index (χ1n) is 5.71. The molecule has 0 aliphatic heterocycles. The molecule has 0 atom stereocenters. The third kappa shape index (κ3) is 5.30. The van der Waals surface area contributed by atoms with Crippen LogP contribution in [0.15, 0.2) is 29.2 Å². The predicted molar refractivity (Wildman–Crippen MR) is 75.5 cm³/mol. The first kappa shape index (κ1) is 16.1. The highest BCUT2D eigenvalue weighted by Gasteiger charge is 2.13. The molecule has 106 valence electrons. The van der Waals surface area contributed by atoms with E-state index in [1.165, 1.54) is 7.11 Å². The Kier molecular flexibility index (Phi) is 6.47. The van der Waals surface area contributed by atoms with Crippen molar-refractivity contribution in [1.29, 1.82) is 0 Å². The molecule has 0 aromatic heterocycles. The van der Waals surface area contributed by atoms with Gasteiger partial charge in [-0.3, -0.25) is 4.79 Å². The molecular weight excluding hydrogens is 334 g/mol. The molecule has 19 heavy (non-hydrogen) atoms. The molecule has 0 heterocycles. The molecule has 0 fully saturated rings. The fraction of sp³-hybridized carbons (Fsp3) is 0.417. The van der Waals surface area contributed by atoms with Crippen LogP contribution >= 0.6 is 15.9 Å². The summed E-state index contributed by atoms with van der Waals surface area (Å²) in [6.45, 7) is 0.206. The van der Waals surface area contributed by atoms with Gasteiger partial charge in [-0.05, 0) is 24.1 Å². The van der Waals surface area contributed by atoms with Gasteiger partial charge in [-0.1, -0.05) is 28.1 Å². The van der Waals surface area contributed by atoms with Crippen LogP contribution < -0.4 is 4.72 Å².